The minimum absolute atomic E-state index is 0.0270. The van der Waals surface area contributed by atoms with Crippen LogP contribution < -0.4 is 14.2 Å². The van der Waals surface area contributed by atoms with Gasteiger partial charge in [0, 0.05) is 31.7 Å². The molecule has 196 valence electrons. The quantitative estimate of drug-likeness (QED) is 0.329. The van der Waals surface area contributed by atoms with E-state index < -0.39 is 17.7 Å². The van der Waals surface area contributed by atoms with E-state index in [1.165, 1.54) is 18.1 Å². The molecular weight excluding hydrogens is 480 g/mol. The van der Waals surface area contributed by atoms with Gasteiger partial charge in [0.05, 0.1) is 31.9 Å². The molecular formula is C27H30N2O8. The van der Waals surface area contributed by atoms with Crippen molar-refractivity contribution in [2.75, 3.05) is 59.7 Å². The summed E-state index contributed by atoms with van der Waals surface area (Å²) >= 11 is 0. The van der Waals surface area contributed by atoms with Crippen LogP contribution >= 0.6 is 0 Å². The molecule has 2 N–H and O–H groups in total. The van der Waals surface area contributed by atoms with Gasteiger partial charge in [0.1, 0.15) is 19.0 Å². The van der Waals surface area contributed by atoms with Crippen molar-refractivity contribution < 1.29 is 38.7 Å². The molecule has 1 atom stereocenters. The van der Waals surface area contributed by atoms with Crippen LogP contribution in [0.3, 0.4) is 0 Å². The molecule has 10 heteroatoms. The normalized spacial score (nSPS) is 21.3. The first kappa shape index (κ1) is 24.9. The number of methoxy groups -OCH3 is 1. The Morgan fingerprint density at radius 2 is 1.76 bits per heavy atom. The van der Waals surface area contributed by atoms with E-state index >= 15 is 0 Å². The molecule has 2 aromatic carbocycles. The molecule has 1 amide bonds. The number of aromatic hydroxyl groups is 1. The molecule has 0 aromatic heterocycles. The van der Waals surface area contributed by atoms with Crippen LogP contribution in [0.15, 0.2) is 42.0 Å². The number of aliphatic hydroxyl groups is 1. The Hall–Kier alpha value is -3.76. The fraction of sp³-hybridized carbons (Fsp3) is 0.407. The topological polar surface area (TPSA) is 118 Å². The van der Waals surface area contributed by atoms with E-state index in [1.54, 1.807) is 30.3 Å². The highest BCUT2D eigenvalue weighted by molar-refractivity contribution is 6.46. The molecule has 2 fully saturated rings. The van der Waals surface area contributed by atoms with Gasteiger partial charge >= 0.3 is 0 Å². The maximum Gasteiger partial charge on any atom is 0.295 e. The number of ketones is 1. The molecule has 3 aliphatic heterocycles. The summed E-state index contributed by atoms with van der Waals surface area (Å²) in [6, 6.07) is 8.70. The van der Waals surface area contributed by atoms with Gasteiger partial charge in [-0.15, -0.1) is 0 Å². The number of fused-ring (bicyclic) bond motifs is 1. The highest BCUT2D eigenvalue weighted by Crippen LogP contribution is 2.43. The lowest BCUT2D eigenvalue weighted by molar-refractivity contribution is -0.140. The second-order valence-electron chi connectivity index (χ2n) is 9.09. The van der Waals surface area contributed by atoms with Gasteiger partial charge in [-0.05, 0) is 42.3 Å². The zero-order valence-corrected chi connectivity index (χ0v) is 20.6. The van der Waals surface area contributed by atoms with Crippen LogP contribution in [-0.4, -0.2) is 91.4 Å². The van der Waals surface area contributed by atoms with Gasteiger partial charge in [-0.25, -0.2) is 0 Å². The molecule has 0 aliphatic carbocycles. The van der Waals surface area contributed by atoms with E-state index in [-0.39, 0.29) is 22.8 Å². The molecule has 3 aliphatic rings. The Labute approximate surface area is 214 Å². The maximum absolute atomic E-state index is 13.3. The molecule has 0 spiro atoms. The van der Waals surface area contributed by atoms with Crippen molar-refractivity contribution in [2.45, 2.75) is 12.5 Å². The number of amides is 1. The number of rotatable bonds is 7. The lowest BCUT2D eigenvalue weighted by atomic mass is 9.94. The van der Waals surface area contributed by atoms with Crippen LogP contribution in [0, 0.1) is 0 Å². The van der Waals surface area contributed by atoms with Gasteiger partial charge in [-0.3, -0.25) is 14.5 Å². The number of likely N-dealkylation sites (tertiary alicyclic amines) is 1. The number of ether oxygens (including phenoxy) is 4. The Balaban J connectivity index is 1.51. The van der Waals surface area contributed by atoms with Crippen molar-refractivity contribution >= 4 is 17.4 Å². The molecule has 10 nitrogen and oxygen atoms in total. The van der Waals surface area contributed by atoms with Crippen LogP contribution in [0.5, 0.6) is 23.0 Å². The second-order valence-corrected chi connectivity index (χ2v) is 9.09. The fourth-order valence-electron chi connectivity index (χ4n) is 4.96. The first-order valence-corrected chi connectivity index (χ1v) is 12.3. The summed E-state index contributed by atoms with van der Waals surface area (Å²) in [4.78, 5) is 30.3. The predicted molar refractivity (Wildman–Crippen MR) is 133 cm³/mol. The van der Waals surface area contributed by atoms with Crippen LogP contribution in [-0.2, 0) is 14.3 Å². The molecule has 2 saturated heterocycles. The van der Waals surface area contributed by atoms with E-state index in [2.05, 4.69) is 4.90 Å². The number of phenols is 1. The number of carbonyl (C=O) groups excluding carboxylic acids is 2. The third-order valence-corrected chi connectivity index (χ3v) is 6.85. The number of nitrogens with zero attached hydrogens (tertiary/aromatic N) is 2. The van der Waals surface area contributed by atoms with Crippen molar-refractivity contribution in [3.05, 3.63) is 53.1 Å². The van der Waals surface area contributed by atoms with Crippen molar-refractivity contribution in [1.82, 2.24) is 9.80 Å². The van der Waals surface area contributed by atoms with Crippen molar-refractivity contribution in [1.29, 1.82) is 0 Å². The Morgan fingerprint density at radius 3 is 2.51 bits per heavy atom. The van der Waals surface area contributed by atoms with E-state index in [4.69, 9.17) is 18.9 Å². The standard InChI is InChI=1S/C27H30N2O8/c1-34-21-15-17(3-5-19(21)30)24-23(25(31)18-4-6-20-22(16-18)37-14-13-36-20)26(32)27(33)29(24)8-2-7-28-9-11-35-12-10-28/h3-6,15-16,24,30-31H,2,7-14H2,1H3/t24-/m0/s1. The molecule has 3 heterocycles. The molecule has 5 rings (SSSR count). The minimum Gasteiger partial charge on any atom is -0.507 e. The highest BCUT2D eigenvalue weighted by atomic mass is 16.6. The van der Waals surface area contributed by atoms with E-state index in [1.807, 2.05) is 0 Å². The monoisotopic (exact) mass is 510 g/mol. The van der Waals surface area contributed by atoms with Gasteiger partial charge in [0.2, 0.25) is 0 Å². The van der Waals surface area contributed by atoms with E-state index in [0.717, 1.165) is 19.6 Å². The van der Waals surface area contributed by atoms with Crippen LogP contribution in [0.4, 0.5) is 0 Å². The molecule has 37 heavy (non-hydrogen) atoms. The number of phenolic OH excluding ortho intramolecular Hbond substituents is 1. The third-order valence-electron chi connectivity index (χ3n) is 6.85. The SMILES string of the molecule is COc1cc([C@H]2C(=C(O)c3ccc4c(c3)OCCO4)C(=O)C(=O)N2CCCN2CCOCC2)ccc1O. The lowest BCUT2D eigenvalue weighted by Crippen LogP contribution is -2.38. The molecule has 0 radical (unpaired) electrons. The number of morpholine rings is 1. The average molecular weight is 511 g/mol. The first-order valence-electron chi connectivity index (χ1n) is 12.3. The summed E-state index contributed by atoms with van der Waals surface area (Å²) in [6.45, 7) is 4.85. The van der Waals surface area contributed by atoms with Crippen molar-refractivity contribution in [2.24, 2.45) is 0 Å². The van der Waals surface area contributed by atoms with E-state index in [9.17, 15) is 19.8 Å². The van der Waals surface area contributed by atoms with Crippen molar-refractivity contribution in [3.8, 4) is 23.0 Å². The number of hydrogen-bond acceptors (Lipinski definition) is 9. The number of Topliss-reactive ketones (excluding diaryl/α,β-unsaturated/α-hetero) is 1. The van der Waals surface area contributed by atoms with Gasteiger partial charge < -0.3 is 34.1 Å². The fourth-order valence-corrected chi connectivity index (χ4v) is 4.96. The number of carbonyl (C=O) groups is 2. The molecule has 2 aromatic rings. The van der Waals surface area contributed by atoms with Gasteiger partial charge in [0.25, 0.3) is 11.7 Å². The summed E-state index contributed by atoms with van der Waals surface area (Å²) in [5, 5.41) is 21.5. The van der Waals surface area contributed by atoms with Crippen LogP contribution in [0.2, 0.25) is 0 Å². The maximum atomic E-state index is 13.3. The number of benzene rings is 2. The van der Waals surface area contributed by atoms with Gasteiger partial charge in [-0.2, -0.15) is 0 Å². The number of hydrogen-bond donors (Lipinski definition) is 2. The average Bonchev–Trinajstić information content (AvgIpc) is 3.18. The summed E-state index contributed by atoms with van der Waals surface area (Å²) < 4.78 is 21.9. The molecule has 0 bridgehead atoms. The minimum atomic E-state index is -0.854. The Morgan fingerprint density at radius 1 is 1.00 bits per heavy atom. The Kier molecular flexibility index (Phi) is 7.20. The lowest BCUT2D eigenvalue weighted by Gasteiger charge is -2.29. The third kappa shape index (κ3) is 4.94. The largest absolute Gasteiger partial charge is 0.507 e. The Bertz CT molecular complexity index is 1220. The zero-order valence-electron chi connectivity index (χ0n) is 20.6. The number of aliphatic hydroxyl groups excluding tert-OH is 1. The van der Waals surface area contributed by atoms with Gasteiger partial charge in [-0.1, -0.05) is 6.07 Å². The summed E-state index contributed by atoms with van der Waals surface area (Å²) in [7, 11) is 1.42. The van der Waals surface area contributed by atoms with Crippen LogP contribution in [0.1, 0.15) is 23.6 Å². The highest BCUT2D eigenvalue weighted by Gasteiger charge is 2.46. The van der Waals surface area contributed by atoms with Crippen LogP contribution in [0.25, 0.3) is 5.76 Å². The zero-order chi connectivity index (χ0) is 25.9. The summed E-state index contributed by atoms with van der Waals surface area (Å²) in [5.41, 5.74) is 0.853. The van der Waals surface area contributed by atoms with E-state index in [0.29, 0.717) is 62.0 Å². The second kappa shape index (κ2) is 10.7. The summed E-state index contributed by atoms with van der Waals surface area (Å²) in [5.74, 6) is -0.612. The van der Waals surface area contributed by atoms with Gasteiger partial charge in [0.15, 0.2) is 23.0 Å². The molecule has 0 unspecified atom stereocenters. The summed E-state index contributed by atoms with van der Waals surface area (Å²) in [6.07, 6.45) is 0.642. The smallest absolute Gasteiger partial charge is 0.295 e. The first-order chi connectivity index (χ1) is 18.0. The predicted octanol–water partition coefficient (Wildman–Crippen LogP) is 2.32. The van der Waals surface area contributed by atoms with Crippen molar-refractivity contribution in [3.63, 3.8) is 0 Å². The molecule has 0 saturated carbocycles.